The predicted molar refractivity (Wildman–Crippen MR) is 96.4 cm³/mol. The first-order valence-corrected chi connectivity index (χ1v) is 8.77. The van der Waals surface area contributed by atoms with Crippen molar-refractivity contribution in [3.05, 3.63) is 40.4 Å². The number of nitrogens with one attached hydrogen (secondary N) is 1. The molecule has 0 heterocycles. The summed E-state index contributed by atoms with van der Waals surface area (Å²) in [6.07, 6.45) is 7.71. The molecule has 0 saturated heterocycles. The van der Waals surface area contributed by atoms with Crippen molar-refractivity contribution in [3.8, 4) is 0 Å². The first-order chi connectivity index (χ1) is 10.5. The summed E-state index contributed by atoms with van der Waals surface area (Å²) in [7, 11) is 0. The van der Waals surface area contributed by atoms with Gasteiger partial charge >= 0.3 is 6.03 Å². The fourth-order valence-electron chi connectivity index (χ4n) is 3.22. The number of anilines is 1. The van der Waals surface area contributed by atoms with Gasteiger partial charge in [0.2, 0.25) is 0 Å². The van der Waals surface area contributed by atoms with E-state index in [4.69, 9.17) is 0 Å². The van der Waals surface area contributed by atoms with E-state index in [2.05, 4.69) is 27.8 Å². The van der Waals surface area contributed by atoms with Gasteiger partial charge < -0.3 is 10.2 Å². The number of nitrogens with zero attached hydrogens (tertiary/aromatic N) is 1. The maximum Gasteiger partial charge on any atom is 0.322 e. The molecule has 1 aromatic carbocycles. The average Bonchev–Trinajstić information content (AvgIpc) is 2.49. The molecular weight excluding hydrogens is 340 g/mol. The Hall–Kier alpha value is -1.29. The zero-order chi connectivity index (χ0) is 16.1. The Morgan fingerprint density at radius 2 is 1.91 bits per heavy atom. The third-order valence-corrected chi connectivity index (χ3v) is 4.79. The molecule has 22 heavy (non-hydrogen) atoms. The topological polar surface area (TPSA) is 32.3 Å². The first kappa shape index (κ1) is 17.1. The van der Waals surface area contributed by atoms with Crippen LogP contribution in [0.15, 0.2) is 29.3 Å². The second-order valence-corrected chi connectivity index (χ2v) is 6.99. The number of rotatable bonds is 4. The summed E-state index contributed by atoms with van der Waals surface area (Å²) in [6.45, 7) is 8.45. The van der Waals surface area contributed by atoms with E-state index in [1.807, 2.05) is 37.0 Å². The average molecular weight is 365 g/mol. The lowest BCUT2D eigenvalue weighted by molar-refractivity contribution is 0.176. The third-order valence-electron chi connectivity index (χ3n) is 4.33. The van der Waals surface area contributed by atoms with Gasteiger partial charge in [-0.25, -0.2) is 4.79 Å². The van der Waals surface area contributed by atoms with Crippen molar-refractivity contribution in [2.75, 3.05) is 11.9 Å². The number of urea groups is 1. The molecule has 0 spiro atoms. The smallest absolute Gasteiger partial charge is 0.318 e. The summed E-state index contributed by atoms with van der Waals surface area (Å²) in [5, 5.41) is 3.11. The summed E-state index contributed by atoms with van der Waals surface area (Å²) in [4.78, 5) is 14.7. The standard InChI is InChI=1S/C18H25BrN2O/c1-4-10-21(16-8-6-5-7-9-16)18(22)20-17-13(2)11-15(19)12-14(17)3/h4,11-12,16H,1,5-10H2,2-3H3,(H,20,22). The van der Waals surface area contributed by atoms with Gasteiger partial charge in [0.05, 0.1) is 0 Å². The van der Waals surface area contributed by atoms with Crippen LogP contribution in [-0.2, 0) is 0 Å². The monoisotopic (exact) mass is 364 g/mol. The molecule has 0 bridgehead atoms. The van der Waals surface area contributed by atoms with E-state index >= 15 is 0 Å². The van der Waals surface area contributed by atoms with Crippen LogP contribution in [0, 0.1) is 13.8 Å². The number of aryl methyl sites for hydroxylation is 2. The van der Waals surface area contributed by atoms with E-state index in [9.17, 15) is 4.79 Å². The summed E-state index contributed by atoms with van der Waals surface area (Å²) in [6, 6.07) is 4.38. The highest BCUT2D eigenvalue weighted by Gasteiger charge is 2.25. The molecule has 120 valence electrons. The Labute approximate surface area is 141 Å². The fraction of sp³-hybridized carbons (Fsp3) is 0.500. The lowest BCUT2D eigenvalue weighted by Crippen LogP contribution is -2.44. The van der Waals surface area contributed by atoms with E-state index in [0.717, 1.165) is 34.1 Å². The van der Waals surface area contributed by atoms with Gasteiger partial charge in [0, 0.05) is 22.7 Å². The van der Waals surface area contributed by atoms with E-state index < -0.39 is 0 Å². The van der Waals surface area contributed by atoms with Crippen molar-refractivity contribution in [2.24, 2.45) is 0 Å². The van der Waals surface area contributed by atoms with Crippen LogP contribution in [0.25, 0.3) is 0 Å². The number of hydrogen-bond acceptors (Lipinski definition) is 1. The molecule has 1 aliphatic carbocycles. The summed E-state index contributed by atoms with van der Waals surface area (Å²) in [5.41, 5.74) is 3.06. The van der Waals surface area contributed by atoms with E-state index in [0.29, 0.717) is 12.6 Å². The minimum Gasteiger partial charge on any atom is -0.318 e. The van der Waals surface area contributed by atoms with Gasteiger partial charge in [-0.15, -0.1) is 6.58 Å². The van der Waals surface area contributed by atoms with Crippen LogP contribution in [0.2, 0.25) is 0 Å². The number of carbonyl (C=O) groups excluding carboxylic acids is 1. The Bertz CT molecular complexity index is 527. The second kappa shape index (κ2) is 7.82. The van der Waals surface area contributed by atoms with Crippen LogP contribution in [0.5, 0.6) is 0 Å². The van der Waals surface area contributed by atoms with Gasteiger partial charge in [-0.3, -0.25) is 0 Å². The summed E-state index contributed by atoms with van der Waals surface area (Å²) < 4.78 is 1.04. The van der Waals surface area contributed by atoms with Gasteiger partial charge in [0.25, 0.3) is 0 Å². The molecule has 0 radical (unpaired) electrons. The van der Waals surface area contributed by atoms with Crippen LogP contribution < -0.4 is 5.32 Å². The van der Waals surface area contributed by atoms with Crippen LogP contribution in [0.1, 0.15) is 43.2 Å². The normalized spacial score (nSPS) is 15.4. The van der Waals surface area contributed by atoms with Crippen molar-refractivity contribution >= 4 is 27.6 Å². The van der Waals surface area contributed by atoms with E-state index in [-0.39, 0.29) is 6.03 Å². The molecule has 1 N–H and O–H groups in total. The molecule has 3 nitrogen and oxygen atoms in total. The van der Waals surface area contributed by atoms with E-state index in [1.54, 1.807) is 0 Å². The van der Waals surface area contributed by atoms with Gasteiger partial charge in [0.15, 0.2) is 0 Å². The Kier molecular flexibility index (Phi) is 6.07. The molecular formula is C18H25BrN2O. The second-order valence-electron chi connectivity index (χ2n) is 6.08. The molecule has 0 aliphatic heterocycles. The van der Waals surface area contributed by atoms with Gasteiger partial charge in [0.1, 0.15) is 0 Å². The number of carbonyl (C=O) groups is 1. The maximum atomic E-state index is 12.7. The van der Waals surface area contributed by atoms with Crippen molar-refractivity contribution in [2.45, 2.75) is 52.0 Å². The number of halogens is 1. The molecule has 1 aliphatic rings. The van der Waals surface area contributed by atoms with Crippen molar-refractivity contribution < 1.29 is 4.79 Å². The minimum absolute atomic E-state index is 0.0136. The van der Waals surface area contributed by atoms with Crippen molar-refractivity contribution in [3.63, 3.8) is 0 Å². The molecule has 1 aromatic rings. The van der Waals surface area contributed by atoms with Gasteiger partial charge in [-0.05, 0) is 49.9 Å². The number of amides is 2. The van der Waals surface area contributed by atoms with Crippen LogP contribution in [0.3, 0.4) is 0 Å². The summed E-state index contributed by atoms with van der Waals surface area (Å²) >= 11 is 3.49. The highest BCUT2D eigenvalue weighted by molar-refractivity contribution is 9.10. The maximum absolute atomic E-state index is 12.7. The Morgan fingerprint density at radius 1 is 1.32 bits per heavy atom. The zero-order valence-corrected chi connectivity index (χ0v) is 15.1. The van der Waals surface area contributed by atoms with Crippen LogP contribution >= 0.6 is 15.9 Å². The SMILES string of the molecule is C=CCN(C(=O)Nc1c(C)cc(Br)cc1C)C1CCCCC1. The van der Waals surface area contributed by atoms with Crippen LogP contribution in [0.4, 0.5) is 10.5 Å². The Balaban J connectivity index is 2.15. The molecule has 0 atom stereocenters. The first-order valence-electron chi connectivity index (χ1n) is 7.98. The number of hydrogen-bond donors (Lipinski definition) is 1. The number of benzene rings is 1. The lowest BCUT2D eigenvalue weighted by Gasteiger charge is -2.34. The third kappa shape index (κ3) is 4.13. The largest absolute Gasteiger partial charge is 0.322 e. The highest BCUT2D eigenvalue weighted by atomic mass is 79.9. The van der Waals surface area contributed by atoms with Gasteiger partial charge in [-0.1, -0.05) is 41.3 Å². The van der Waals surface area contributed by atoms with Crippen molar-refractivity contribution in [1.82, 2.24) is 4.90 Å². The minimum atomic E-state index is -0.0136. The van der Waals surface area contributed by atoms with Crippen LogP contribution in [-0.4, -0.2) is 23.5 Å². The van der Waals surface area contributed by atoms with Gasteiger partial charge in [-0.2, -0.15) is 0 Å². The quantitative estimate of drug-likeness (QED) is 0.710. The molecule has 0 unspecified atom stereocenters. The fourth-order valence-corrected chi connectivity index (χ4v) is 3.90. The molecule has 2 amide bonds. The van der Waals surface area contributed by atoms with E-state index in [1.165, 1.54) is 19.3 Å². The highest BCUT2D eigenvalue weighted by Crippen LogP contribution is 2.27. The molecule has 1 fully saturated rings. The Morgan fingerprint density at radius 3 is 2.45 bits per heavy atom. The molecule has 1 saturated carbocycles. The predicted octanol–water partition coefficient (Wildman–Crippen LogP) is 5.42. The van der Waals surface area contributed by atoms with Crippen molar-refractivity contribution in [1.29, 1.82) is 0 Å². The zero-order valence-electron chi connectivity index (χ0n) is 13.5. The molecule has 0 aromatic heterocycles. The summed E-state index contributed by atoms with van der Waals surface area (Å²) in [5.74, 6) is 0. The molecule has 4 heteroatoms. The molecule has 2 rings (SSSR count). The lowest BCUT2D eigenvalue weighted by atomic mass is 9.94.